The van der Waals surface area contributed by atoms with E-state index in [2.05, 4.69) is 16.3 Å². The summed E-state index contributed by atoms with van der Waals surface area (Å²) in [6.07, 6.45) is 0.935. The van der Waals surface area contributed by atoms with Crippen molar-refractivity contribution in [2.45, 2.75) is 6.42 Å². The highest BCUT2D eigenvalue weighted by molar-refractivity contribution is 6.02. The van der Waals surface area contributed by atoms with E-state index in [1.54, 1.807) is 7.05 Å². The second kappa shape index (κ2) is 7.10. The fourth-order valence-electron chi connectivity index (χ4n) is 3.15. The summed E-state index contributed by atoms with van der Waals surface area (Å²) in [6, 6.07) is 8.11. The van der Waals surface area contributed by atoms with E-state index in [9.17, 15) is 9.59 Å². The average Bonchev–Trinajstić information content (AvgIpc) is 2.58. The third kappa shape index (κ3) is 3.71. The number of rotatable bonds is 4. The number of carbonyl (C=O) groups is 2. The van der Waals surface area contributed by atoms with Gasteiger partial charge in [-0.05, 0) is 18.1 Å². The summed E-state index contributed by atoms with van der Waals surface area (Å²) in [6.45, 7) is 5.79. The van der Waals surface area contributed by atoms with E-state index in [0.717, 1.165) is 44.8 Å². The van der Waals surface area contributed by atoms with E-state index in [0.29, 0.717) is 0 Å². The predicted octanol–water partition coefficient (Wildman–Crippen LogP) is -0.0607. The zero-order valence-electron chi connectivity index (χ0n) is 13.6. The van der Waals surface area contributed by atoms with Gasteiger partial charge in [0.15, 0.2) is 0 Å². The largest absolute Gasteiger partial charge is 0.353 e. The van der Waals surface area contributed by atoms with E-state index in [4.69, 9.17) is 0 Å². The third-order valence-electron chi connectivity index (χ3n) is 4.64. The lowest BCUT2D eigenvalue weighted by Gasteiger charge is -2.33. The topological polar surface area (TPSA) is 55.9 Å². The summed E-state index contributed by atoms with van der Waals surface area (Å²) in [4.78, 5) is 29.5. The number of amides is 2. The first-order chi connectivity index (χ1) is 11.1. The van der Waals surface area contributed by atoms with E-state index in [1.165, 1.54) is 10.5 Å². The van der Waals surface area contributed by atoms with Crippen molar-refractivity contribution >= 4 is 17.5 Å². The first kappa shape index (κ1) is 16.0. The van der Waals surface area contributed by atoms with Crippen LogP contribution < -0.4 is 10.2 Å². The van der Waals surface area contributed by atoms with Crippen LogP contribution >= 0.6 is 0 Å². The molecular weight excluding hydrogens is 292 g/mol. The van der Waals surface area contributed by atoms with Gasteiger partial charge in [0.05, 0.1) is 13.1 Å². The molecule has 3 rings (SSSR count). The lowest BCUT2D eigenvalue weighted by atomic mass is 10.1. The summed E-state index contributed by atoms with van der Waals surface area (Å²) in [7, 11) is 1.55. The highest BCUT2D eigenvalue weighted by Gasteiger charge is 2.29. The Morgan fingerprint density at radius 2 is 1.70 bits per heavy atom. The molecule has 0 bridgehead atoms. The predicted molar refractivity (Wildman–Crippen MR) is 89.4 cm³/mol. The molecular formula is C17H24N4O2. The van der Waals surface area contributed by atoms with E-state index >= 15 is 0 Å². The molecule has 1 aromatic rings. The Labute approximate surface area is 137 Å². The normalized spacial score (nSPS) is 20.2. The minimum atomic E-state index is -0.141. The maximum Gasteiger partial charge on any atom is 0.248 e. The number of hydrogen-bond donors (Lipinski definition) is 1. The Kier molecular flexibility index (Phi) is 4.93. The van der Waals surface area contributed by atoms with Gasteiger partial charge in [-0.3, -0.25) is 14.5 Å². The molecule has 0 aliphatic carbocycles. The van der Waals surface area contributed by atoms with E-state index in [-0.39, 0.29) is 24.9 Å². The first-order valence-corrected chi connectivity index (χ1v) is 8.20. The van der Waals surface area contributed by atoms with Crippen LogP contribution in [0.25, 0.3) is 0 Å². The highest BCUT2D eigenvalue weighted by Crippen LogP contribution is 2.23. The van der Waals surface area contributed by atoms with Crippen molar-refractivity contribution in [2.24, 2.45) is 0 Å². The van der Waals surface area contributed by atoms with Crippen molar-refractivity contribution in [3.8, 4) is 0 Å². The number of piperazine rings is 2. The van der Waals surface area contributed by atoms with Gasteiger partial charge in [-0.2, -0.15) is 0 Å². The molecule has 0 radical (unpaired) electrons. The second-order valence-electron chi connectivity index (χ2n) is 6.17. The zero-order valence-corrected chi connectivity index (χ0v) is 13.6. The van der Waals surface area contributed by atoms with Crippen LogP contribution in [0, 0.1) is 0 Å². The van der Waals surface area contributed by atoms with Crippen LogP contribution in [-0.4, -0.2) is 74.5 Å². The van der Waals surface area contributed by atoms with Gasteiger partial charge in [0, 0.05) is 45.5 Å². The number of nitrogens with one attached hydrogen (secondary N) is 1. The second-order valence-corrected chi connectivity index (χ2v) is 6.17. The Balaban J connectivity index is 1.70. The SMILES string of the molecule is CN1C(=O)CN(c2ccccc2CCN2CCNCC2)CC1=O. The minimum Gasteiger partial charge on any atom is -0.353 e. The molecule has 2 amide bonds. The maximum absolute atomic E-state index is 12.0. The summed E-state index contributed by atoms with van der Waals surface area (Å²) in [5.41, 5.74) is 2.22. The molecule has 0 unspecified atom stereocenters. The highest BCUT2D eigenvalue weighted by atomic mass is 16.2. The Morgan fingerprint density at radius 3 is 2.39 bits per heavy atom. The van der Waals surface area contributed by atoms with Gasteiger partial charge < -0.3 is 15.1 Å². The van der Waals surface area contributed by atoms with Crippen LogP contribution in [0.4, 0.5) is 5.69 Å². The zero-order chi connectivity index (χ0) is 16.2. The number of benzene rings is 1. The Morgan fingerprint density at radius 1 is 1.04 bits per heavy atom. The summed E-state index contributed by atoms with van der Waals surface area (Å²) < 4.78 is 0. The van der Waals surface area contributed by atoms with Gasteiger partial charge in [-0.15, -0.1) is 0 Å². The van der Waals surface area contributed by atoms with Gasteiger partial charge >= 0.3 is 0 Å². The van der Waals surface area contributed by atoms with Crippen LogP contribution in [-0.2, 0) is 16.0 Å². The minimum absolute atomic E-state index is 0.141. The Hall–Kier alpha value is -1.92. The molecule has 0 spiro atoms. The van der Waals surface area contributed by atoms with Crippen molar-refractivity contribution in [3.05, 3.63) is 29.8 Å². The number of anilines is 1. The molecule has 2 aliphatic heterocycles. The number of imide groups is 1. The van der Waals surface area contributed by atoms with Crippen molar-refractivity contribution in [1.29, 1.82) is 0 Å². The van der Waals surface area contributed by atoms with Gasteiger partial charge in [-0.25, -0.2) is 0 Å². The lowest BCUT2D eigenvalue weighted by Crippen LogP contribution is -2.52. The van der Waals surface area contributed by atoms with Crippen molar-refractivity contribution in [1.82, 2.24) is 15.1 Å². The maximum atomic E-state index is 12.0. The van der Waals surface area contributed by atoms with Crippen LogP contribution in [0.15, 0.2) is 24.3 Å². The molecule has 0 atom stereocenters. The summed E-state index contributed by atoms with van der Waals surface area (Å²) in [5.74, 6) is -0.281. The van der Waals surface area contributed by atoms with Gasteiger partial charge in [0.2, 0.25) is 11.8 Å². The molecule has 6 heteroatoms. The van der Waals surface area contributed by atoms with Crippen LogP contribution in [0.3, 0.4) is 0 Å². The first-order valence-electron chi connectivity index (χ1n) is 8.20. The molecule has 1 aromatic carbocycles. The molecule has 2 fully saturated rings. The molecule has 6 nitrogen and oxygen atoms in total. The standard InChI is InChI=1S/C17H24N4O2/c1-19-16(22)12-21(13-17(19)23)15-5-3-2-4-14(15)6-9-20-10-7-18-8-11-20/h2-5,18H,6-13H2,1H3. The number of nitrogens with zero attached hydrogens (tertiary/aromatic N) is 3. The third-order valence-corrected chi connectivity index (χ3v) is 4.64. The molecule has 2 saturated heterocycles. The molecule has 0 saturated carbocycles. The van der Waals surface area contributed by atoms with E-state index in [1.807, 2.05) is 23.1 Å². The molecule has 2 aliphatic rings. The van der Waals surface area contributed by atoms with Gasteiger partial charge in [0.25, 0.3) is 0 Å². The Bertz CT molecular complexity index is 566. The van der Waals surface area contributed by atoms with Gasteiger partial charge in [0.1, 0.15) is 0 Å². The monoisotopic (exact) mass is 316 g/mol. The number of carbonyl (C=O) groups excluding carboxylic acids is 2. The molecule has 124 valence electrons. The summed E-state index contributed by atoms with van der Waals surface area (Å²) in [5, 5.41) is 3.36. The lowest BCUT2D eigenvalue weighted by molar-refractivity contribution is -0.143. The fraction of sp³-hybridized carbons (Fsp3) is 0.529. The number of likely N-dealkylation sites (N-methyl/N-ethyl adjacent to an activating group) is 1. The fourth-order valence-corrected chi connectivity index (χ4v) is 3.15. The van der Waals surface area contributed by atoms with Crippen LogP contribution in [0.1, 0.15) is 5.56 Å². The van der Waals surface area contributed by atoms with Crippen molar-refractivity contribution in [2.75, 3.05) is 57.8 Å². The summed E-state index contributed by atoms with van der Waals surface area (Å²) >= 11 is 0. The molecule has 0 aromatic heterocycles. The van der Waals surface area contributed by atoms with Crippen molar-refractivity contribution in [3.63, 3.8) is 0 Å². The van der Waals surface area contributed by atoms with Crippen LogP contribution in [0.2, 0.25) is 0 Å². The number of hydrogen-bond acceptors (Lipinski definition) is 5. The smallest absolute Gasteiger partial charge is 0.248 e. The molecule has 23 heavy (non-hydrogen) atoms. The molecule has 2 heterocycles. The van der Waals surface area contributed by atoms with Gasteiger partial charge in [-0.1, -0.05) is 18.2 Å². The van der Waals surface area contributed by atoms with Crippen molar-refractivity contribution < 1.29 is 9.59 Å². The average molecular weight is 316 g/mol. The number of para-hydroxylation sites is 1. The molecule has 1 N–H and O–H groups in total. The van der Waals surface area contributed by atoms with E-state index < -0.39 is 0 Å². The quantitative estimate of drug-likeness (QED) is 0.789. The van der Waals surface area contributed by atoms with Crippen LogP contribution in [0.5, 0.6) is 0 Å².